The van der Waals surface area contributed by atoms with E-state index in [0.29, 0.717) is 18.7 Å². The van der Waals surface area contributed by atoms with Crippen LogP contribution in [0.3, 0.4) is 0 Å². The molecule has 1 aromatic carbocycles. The van der Waals surface area contributed by atoms with Gasteiger partial charge in [0, 0.05) is 31.7 Å². The van der Waals surface area contributed by atoms with Crippen LogP contribution in [0.1, 0.15) is 19.4 Å². The molecule has 2 N–H and O–H groups in total. The standard InChI is InChI=1S/C14H22FN3O2S/c1-10-8-18(9-11(2)17(10)3)21(19,20)14-5-4-12(7-16)6-13(14)15/h4-6,10-11H,7-9,16H2,1-3H3. The summed E-state index contributed by atoms with van der Waals surface area (Å²) in [6.07, 6.45) is 0. The fourth-order valence-corrected chi connectivity index (χ4v) is 4.22. The van der Waals surface area contributed by atoms with Crippen molar-refractivity contribution in [3.63, 3.8) is 0 Å². The number of nitrogens with zero attached hydrogens (tertiary/aromatic N) is 2. The Kier molecular flexibility index (Phi) is 4.67. The Labute approximate surface area is 125 Å². The number of hydrogen-bond acceptors (Lipinski definition) is 4. The topological polar surface area (TPSA) is 66.6 Å². The lowest BCUT2D eigenvalue weighted by molar-refractivity contribution is 0.105. The van der Waals surface area contributed by atoms with Crippen molar-refractivity contribution in [2.45, 2.75) is 37.4 Å². The van der Waals surface area contributed by atoms with E-state index in [-0.39, 0.29) is 23.5 Å². The van der Waals surface area contributed by atoms with Gasteiger partial charge in [0.25, 0.3) is 0 Å². The Hall–Kier alpha value is -1.02. The molecule has 1 saturated heterocycles. The van der Waals surface area contributed by atoms with Gasteiger partial charge >= 0.3 is 0 Å². The number of nitrogens with two attached hydrogens (primary N) is 1. The molecule has 118 valence electrons. The Morgan fingerprint density at radius 3 is 2.33 bits per heavy atom. The summed E-state index contributed by atoms with van der Waals surface area (Å²) in [5, 5.41) is 0. The zero-order valence-corrected chi connectivity index (χ0v) is 13.4. The first-order valence-electron chi connectivity index (χ1n) is 6.98. The molecule has 2 atom stereocenters. The van der Waals surface area contributed by atoms with Crippen LogP contribution in [-0.4, -0.2) is 49.8 Å². The molecule has 0 spiro atoms. The first kappa shape index (κ1) is 16.4. The normalized spacial score (nSPS) is 25.2. The van der Waals surface area contributed by atoms with Crippen LogP contribution in [0, 0.1) is 5.82 Å². The third kappa shape index (κ3) is 3.11. The second-order valence-corrected chi connectivity index (χ2v) is 7.56. The molecule has 0 aromatic heterocycles. The minimum absolute atomic E-state index is 0.0925. The Bertz CT molecular complexity index is 609. The summed E-state index contributed by atoms with van der Waals surface area (Å²) in [5.74, 6) is -0.739. The van der Waals surface area contributed by atoms with Gasteiger partial charge in [-0.15, -0.1) is 0 Å². The number of hydrogen-bond donors (Lipinski definition) is 1. The zero-order chi connectivity index (χ0) is 15.8. The van der Waals surface area contributed by atoms with E-state index in [1.54, 1.807) is 6.07 Å². The first-order chi connectivity index (χ1) is 9.77. The molecule has 0 bridgehead atoms. The third-order valence-corrected chi connectivity index (χ3v) is 6.04. The van der Waals surface area contributed by atoms with Gasteiger partial charge in [-0.1, -0.05) is 6.07 Å². The van der Waals surface area contributed by atoms with Gasteiger partial charge in [-0.05, 0) is 38.6 Å². The van der Waals surface area contributed by atoms with E-state index in [1.165, 1.54) is 16.4 Å². The predicted octanol–water partition coefficient (Wildman–Crippen LogP) is 0.998. The minimum atomic E-state index is -3.82. The van der Waals surface area contributed by atoms with E-state index in [0.717, 1.165) is 0 Å². The second-order valence-electron chi connectivity index (χ2n) is 5.65. The Balaban J connectivity index is 2.34. The first-order valence-corrected chi connectivity index (χ1v) is 8.42. The molecular formula is C14H22FN3O2S. The highest BCUT2D eigenvalue weighted by molar-refractivity contribution is 7.89. The second kappa shape index (κ2) is 6.00. The van der Waals surface area contributed by atoms with Crippen LogP contribution in [-0.2, 0) is 16.6 Å². The summed E-state index contributed by atoms with van der Waals surface area (Å²) < 4.78 is 40.7. The zero-order valence-electron chi connectivity index (χ0n) is 12.6. The maximum Gasteiger partial charge on any atom is 0.246 e. The molecule has 5 nitrogen and oxygen atoms in total. The fourth-order valence-electron chi connectivity index (χ4n) is 2.57. The maximum absolute atomic E-state index is 14.1. The number of sulfonamides is 1. The molecule has 1 fully saturated rings. The lowest BCUT2D eigenvalue weighted by Crippen LogP contribution is -2.56. The van der Waals surface area contributed by atoms with Crippen molar-refractivity contribution in [1.29, 1.82) is 0 Å². The van der Waals surface area contributed by atoms with Crippen LogP contribution in [0.15, 0.2) is 23.1 Å². The van der Waals surface area contributed by atoms with Gasteiger partial charge in [-0.2, -0.15) is 4.31 Å². The SMILES string of the molecule is CC1CN(S(=O)(=O)c2ccc(CN)cc2F)CC(C)N1C. The van der Waals surface area contributed by atoms with Crippen molar-refractivity contribution in [3.05, 3.63) is 29.6 Å². The van der Waals surface area contributed by atoms with Crippen molar-refractivity contribution in [2.75, 3.05) is 20.1 Å². The van der Waals surface area contributed by atoms with E-state index in [9.17, 15) is 12.8 Å². The quantitative estimate of drug-likeness (QED) is 0.903. The minimum Gasteiger partial charge on any atom is -0.326 e. The van der Waals surface area contributed by atoms with Crippen molar-refractivity contribution in [1.82, 2.24) is 9.21 Å². The Morgan fingerprint density at radius 1 is 1.29 bits per heavy atom. The van der Waals surface area contributed by atoms with Crippen LogP contribution in [0.25, 0.3) is 0 Å². The summed E-state index contributed by atoms with van der Waals surface area (Å²) in [4.78, 5) is 1.85. The van der Waals surface area contributed by atoms with Crippen LogP contribution < -0.4 is 5.73 Å². The van der Waals surface area contributed by atoms with Crippen LogP contribution in [0.5, 0.6) is 0 Å². The van der Waals surface area contributed by atoms with E-state index >= 15 is 0 Å². The summed E-state index contributed by atoms with van der Waals surface area (Å²) in [5.41, 5.74) is 6.02. The van der Waals surface area contributed by atoms with E-state index in [2.05, 4.69) is 4.90 Å². The summed E-state index contributed by atoms with van der Waals surface area (Å²) in [7, 11) is -1.85. The van der Waals surface area contributed by atoms with Gasteiger partial charge in [0.2, 0.25) is 10.0 Å². The van der Waals surface area contributed by atoms with E-state index < -0.39 is 15.8 Å². The van der Waals surface area contributed by atoms with Crippen LogP contribution in [0.2, 0.25) is 0 Å². The lowest BCUT2D eigenvalue weighted by atomic mass is 10.1. The summed E-state index contributed by atoms with van der Waals surface area (Å²) >= 11 is 0. The van der Waals surface area contributed by atoms with Crippen molar-refractivity contribution < 1.29 is 12.8 Å². The molecule has 2 rings (SSSR count). The lowest BCUT2D eigenvalue weighted by Gasteiger charge is -2.41. The monoisotopic (exact) mass is 315 g/mol. The molecule has 1 aliphatic heterocycles. The van der Waals surface area contributed by atoms with Gasteiger partial charge in [0.1, 0.15) is 10.7 Å². The highest BCUT2D eigenvalue weighted by atomic mass is 32.2. The highest BCUT2D eigenvalue weighted by Crippen LogP contribution is 2.24. The van der Waals surface area contributed by atoms with Crippen molar-refractivity contribution in [3.8, 4) is 0 Å². The average molecular weight is 315 g/mol. The van der Waals surface area contributed by atoms with Crippen molar-refractivity contribution >= 4 is 10.0 Å². The molecule has 0 aliphatic carbocycles. The molecule has 0 saturated carbocycles. The van der Waals surface area contributed by atoms with E-state index in [1.807, 2.05) is 20.9 Å². The largest absolute Gasteiger partial charge is 0.326 e. The molecule has 0 radical (unpaired) electrons. The molecular weight excluding hydrogens is 293 g/mol. The molecule has 7 heteroatoms. The number of benzene rings is 1. The third-order valence-electron chi connectivity index (χ3n) is 4.18. The van der Waals surface area contributed by atoms with Crippen LogP contribution in [0.4, 0.5) is 4.39 Å². The van der Waals surface area contributed by atoms with Gasteiger partial charge in [-0.3, -0.25) is 4.90 Å². The fraction of sp³-hybridized carbons (Fsp3) is 0.571. The summed E-state index contributed by atoms with van der Waals surface area (Å²) in [6, 6.07) is 4.24. The van der Waals surface area contributed by atoms with Gasteiger partial charge in [0.05, 0.1) is 0 Å². The molecule has 21 heavy (non-hydrogen) atoms. The van der Waals surface area contributed by atoms with Gasteiger partial charge < -0.3 is 5.73 Å². The molecule has 0 amide bonds. The number of rotatable bonds is 3. The van der Waals surface area contributed by atoms with Crippen molar-refractivity contribution in [2.24, 2.45) is 5.73 Å². The molecule has 1 heterocycles. The maximum atomic E-state index is 14.1. The van der Waals surface area contributed by atoms with Crippen LogP contribution >= 0.6 is 0 Å². The van der Waals surface area contributed by atoms with E-state index in [4.69, 9.17) is 5.73 Å². The molecule has 1 aliphatic rings. The average Bonchev–Trinajstić information content (AvgIpc) is 2.43. The number of halogens is 1. The Morgan fingerprint density at radius 2 is 1.86 bits per heavy atom. The number of piperazine rings is 1. The highest BCUT2D eigenvalue weighted by Gasteiger charge is 2.35. The van der Waals surface area contributed by atoms with Gasteiger partial charge in [-0.25, -0.2) is 12.8 Å². The summed E-state index contributed by atoms with van der Waals surface area (Å²) in [6.45, 7) is 4.83. The molecule has 2 unspecified atom stereocenters. The van der Waals surface area contributed by atoms with Gasteiger partial charge in [0.15, 0.2) is 0 Å². The smallest absolute Gasteiger partial charge is 0.246 e. The predicted molar refractivity (Wildman–Crippen MR) is 79.7 cm³/mol. The number of likely N-dealkylation sites (N-methyl/N-ethyl adjacent to an activating group) is 1. The molecule has 1 aromatic rings.